The molecule has 5 heteroatoms. The van der Waals surface area contributed by atoms with Gasteiger partial charge >= 0.3 is 0 Å². The molecule has 1 rings (SSSR count). The van der Waals surface area contributed by atoms with Gasteiger partial charge in [0.25, 0.3) is 0 Å². The minimum atomic E-state index is -0.614. The lowest BCUT2D eigenvalue weighted by Crippen LogP contribution is -2.52. The van der Waals surface area contributed by atoms with Crippen molar-refractivity contribution in [2.24, 2.45) is 17.0 Å². The molecule has 0 spiro atoms. The fourth-order valence-corrected chi connectivity index (χ4v) is 2.22. The van der Waals surface area contributed by atoms with E-state index in [-0.39, 0.29) is 18.1 Å². The first kappa shape index (κ1) is 12.3. The van der Waals surface area contributed by atoms with E-state index in [1.807, 2.05) is 13.8 Å². The van der Waals surface area contributed by atoms with Crippen LogP contribution in [0.15, 0.2) is 5.11 Å². The van der Waals surface area contributed by atoms with Gasteiger partial charge in [-0.05, 0) is 18.4 Å². The Kier molecular flexibility index (Phi) is 3.97. The molecule has 0 bridgehead atoms. The molecule has 1 N–H and O–H groups in total. The maximum absolute atomic E-state index is 10.0. The maximum atomic E-state index is 10.0. The maximum Gasteiger partial charge on any atom is 0.0896 e. The summed E-state index contributed by atoms with van der Waals surface area (Å²) >= 11 is 0. The van der Waals surface area contributed by atoms with Crippen molar-refractivity contribution >= 4 is 0 Å². The molecule has 1 fully saturated rings. The van der Waals surface area contributed by atoms with Crippen LogP contribution in [0, 0.1) is 11.8 Å². The van der Waals surface area contributed by atoms with Crippen molar-refractivity contribution < 1.29 is 9.84 Å². The summed E-state index contributed by atoms with van der Waals surface area (Å²) in [7, 11) is 0. The molecular weight excluding hydrogens is 194 g/mol. The molecule has 0 aromatic heterocycles. The second kappa shape index (κ2) is 4.84. The molecule has 1 aliphatic heterocycles. The third-order valence-corrected chi connectivity index (χ3v) is 3.10. The third-order valence-electron chi connectivity index (χ3n) is 3.10. The molecule has 0 aromatic rings. The number of ether oxygens (including phenoxy) is 1. The molecule has 1 saturated heterocycles. The molecule has 15 heavy (non-hydrogen) atoms. The van der Waals surface area contributed by atoms with E-state index >= 15 is 0 Å². The van der Waals surface area contributed by atoms with Gasteiger partial charge in [-0.1, -0.05) is 25.9 Å². The Morgan fingerprint density at radius 3 is 2.47 bits per heavy atom. The predicted molar refractivity (Wildman–Crippen MR) is 57.3 cm³/mol. The lowest BCUT2D eigenvalue weighted by atomic mass is 9.83. The van der Waals surface area contributed by atoms with Crippen molar-refractivity contribution in [3.8, 4) is 0 Å². The van der Waals surface area contributed by atoms with E-state index in [0.717, 1.165) is 0 Å². The van der Waals surface area contributed by atoms with E-state index in [0.29, 0.717) is 5.92 Å². The van der Waals surface area contributed by atoms with Crippen molar-refractivity contribution in [3.63, 3.8) is 0 Å². The van der Waals surface area contributed by atoms with Crippen molar-refractivity contribution in [3.05, 3.63) is 10.4 Å². The first-order valence-electron chi connectivity index (χ1n) is 5.36. The normalized spacial score (nSPS) is 41.3. The average molecular weight is 213 g/mol. The summed E-state index contributed by atoms with van der Waals surface area (Å²) in [5.41, 5.74) is 8.41. The standard InChI is InChI=1S/C10H19N3O2/c1-5(2)10-6(3)9(14)8(12-13-11)7(4)15-10/h5-10,14H,1-4H3. The average Bonchev–Trinajstić information content (AvgIpc) is 2.18. The Hall–Kier alpha value is -0.770. The second-order valence-electron chi connectivity index (χ2n) is 4.60. The molecule has 0 saturated carbocycles. The summed E-state index contributed by atoms with van der Waals surface area (Å²) in [4.78, 5) is 2.75. The van der Waals surface area contributed by atoms with Gasteiger partial charge < -0.3 is 9.84 Å². The quantitative estimate of drug-likeness (QED) is 0.433. The molecular formula is C10H19N3O2. The van der Waals surface area contributed by atoms with Gasteiger partial charge in [0.2, 0.25) is 0 Å². The Morgan fingerprint density at radius 1 is 1.40 bits per heavy atom. The van der Waals surface area contributed by atoms with E-state index in [2.05, 4.69) is 23.9 Å². The van der Waals surface area contributed by atoms with Gasteiger partial charge in [-0.3, -0.25) is 0 Å². The fraction of sp³-hybridized carbons (Fsp3) is 1.00. The lowest BCUT2D eigenvalue weighted by molar-refractivity contribution is -0.151. The highest BCUT2D eigenvalue weighted by atomic mass is 16.5. The Labute approximate surface area is 90.1 Å². The van der Waals surface area contributed by atoms with E-state index < -0.39 is 12.1 Å². The topological polar surface area (TPSA) is 78.2 Å². The van der Waals surface area contributed by atoms with Crippen molar-refractivity contribution in [2.75, 3.05) is 0 Å². The van der Waals surface area contributed by atoms with Crippen LogP contribution in [0.3, 0.4) is 0 Å². The van der Waals surface area contributed by atoms with Gasteiger partial charge in [0.1, 0.15) is 0 Å². The summed E-state index contributed by atoms with van der Waals surface area (Å²) in [5.74, 6) is 0.348. The van der Waals surface area contributed by atoms with Crippen LogP contribution < -0.4 is 0 Å². The van der Waals surface area contributed by atoms with Gasteiger partial charge in [-0.15, -0.1) is 0 Å². The number of azide groups is 1. The second-order valence-corrected chi connectivity index (χ2v) is 4.60. The SMILES string of the molecule is CC(C)C1OC(C)C(N=[N+]=[N-])C(O)C1C. The summed E-state index contributed by atoms with van der Waals surface area (Å²) in [5, 5.41) is 13.6. The first-order valence-corrected chi connectivity index (χ1v) is 5.36. The molecule has 0 aromatic carbocycles. The summed E-state index contributed by atoms with van der Waals surface area (Å²) < 4.78 is 5.77. The van der Waals surface area contributed by atoms with Crippen LogP contribution in [-0.2, 0) is 4.74 Å². The fourth-order valence-electron chi connectivity index (χ4n) is 2.22. The van der Waals surface area contributed by atoms with Crippen LogP contribution in [-0.4, -0.2) is 29.5 Å². The summed E-state index contributed by atoms with van der Waals surface area (Å²) in [6.45, 7) is 7.90. The van der Waals surface area contributed by atoms with Crippen LogP contribution in [0.4, 0.5) is 0 Å². The van der Waals surface area contributed by atoms with Crippen molar-refractivity contribution in [1.82, 2.24) is 0 Å². The van der Waals surface area contributed by atoms with E-state index in [9.17, 15) is 5.11 Å². The van der Waals surface area contributed by atoms with Gasteiger partial charge in [0.05, 0.1) is 24.4 Å². The molecule has 5 atom stereocenters. The zero-order valence-corrected chi connectivity index (χ0v) is 9.66. The number of aliphatic hydroxyl groups is 1. The highest BCUT2D eigenvalue weighted by Gasteiger charge is 2.41. The highest BCUT2D eigenvalue weighted by Crippen LogP contribution is 2.31. The molecule has 0 radical (unpaired) electrons. The molecule has 5 unspecified atom stereocenters. The van der Waals surface area contributed by atoms with Crippen LogP contribution in [0.1, 0.15) is 27.7 Å². The number of aliphatic hydroxyl groups excluding tert-OH is 1. The Balaban J connectivity index is 2.83. The number of nitrogens with zero attached hydrogens (tertiary/aromatic N) is 3. The molecule has 86 valence electrons. The number of hydrogen-bond acceptors (Lipinski definition) is 3. The molecule has 1 aliphatic rings. The minimum Gasteiger partial charge on any atom is -0.392 e. The van der Waals surface area contributed by atoms with Crippen molar-refractivity contribution in [2.45, 2.75) is 52.0 Å². The zero-order valence-electron chi connectivity index (χ0n) is 9.66. The van der Waals surface area contributed by atoms with Crippen LogP contribution in [0.2, 0.25) is 0 Å². The zero-order chi connectivity index (χ0) is 11.6. The van der Waals surface area contributed by atoms with Gasteiger partial charge in [0, 0.05) is 10.8 Å². The molecule has 0 amide bonds. The minimum absolute atomic E-state index is 0.00306. The van der Waals surface area contributed by atoms with E-state index in [1.54, 1.807) is 0 Å². The third kappa shape index (κ3) is 2.43. The van der Waals surface area contributed by atoms with Crippen molar-refractivity contribution in [1.29, 1.82) is 0 Å². The van der Waals surface area contributed by atoms with E-state index in [1.165, 1.54) is 0 Å². The molecule has 0 aliphatic carbocycles. The highest BCUT2D eigenvalue weighted by molar-refractivity contribution is 4.93. The molecule has 1 heterocycles. The van der Waals surface area contributed by atoms with Crippen LogP contribution >= 0.6 is 0 Å². The van der Waals surface area contributed by atoms with Gasteiger partial charge in [-0.25, -0.2) is 0 Å². The van der Waals surface area contributed by atoms with Crippen LogP contribution in [0.5, 0.6) is 0 Å². The monoisotopic (exact) mass is 213 g/mol. The smallest absolute Gasteiger partial charge is 0.0896 e. The predicted octanol–water partition coefficient (Wildman–Crippen LogP) is 2.11. The lowest BCUT2D eigenvalue weighted by Gasteiger charge is -2.42. The van der Waals surface area contributed by atoms with Gasteiger partial charge in [-0.2, -0.15) is 0 Å². The number of hydrogen-bond donors (Lipinski definition) is 1. The first-order chi connectivity index (χ1) is 6.99. The molecule has 5 nitrogen and oxygen atoms in total. The largest absolute Gasteiger partial charge is 0.392 e. The Bertz CT molecular complexity index is 263. The van der Waals surface area contributed by atoms with Gasteiger partial charge in [0.15, 0.2) is 0 Å². The van der Waals surface area contributed by atoms with E-state index in [4.69, 9.17) is 10.3 Å². The number of rotatable bonds is 2. The summed E-state index contributed by atoms with van der Waals surface area (Å²) in [6.07, 6.45) is -0.809. The summed E-state index contributed by atoms with van der Waals surface area (Å²) in [6, 6.07) is -0.472. The Morgan fingerprint density at radius 2 is 2.00 bits per heavy atom. The van der Waals surface area contributed by atoms with Crippen LogP contribution in [0.25, 0.3) is 10.4 Å².